The summed E-state index contributed by atoms with van der Waals surface area (Å²) in [6, 6.07) is 33.3. The first-order valence-corrected chi connectivity index (χ1v) is 27.0. The second-order valence-electron chi connectivity index (χ2n) is 20.3. The van der Waals surface area contributed by atoms with Gasteiger partial charge in [-0.15, -0.1) is 0 Å². The van der Waals surface area contributed by atoms with E-state index in [-0.39, 0.29) is 54.0 Å². The number of imidazole rings is 3. The molecule has 0 radical (unpaired) electrons. The Balaban J connectivity index is 0.000000195. The maximum Gasteiger partial charge on any atom is 0.303 e. The van der Waals surface area contributed by atoms with Crippen LogP contribution in [0.5, 0.6) is 17.2 Å². The molecule has 0 spiro atoms. The van der Waals surface area contributed by atoms with Crippen LogP contribution < -0.4 is 9.47 Å². The molecule has 2 atom stereocenters. The molecule has 15 heteroatoms. The fraction of sp³-hybridized carbons (Fsp3) is 0.333. The lowest BCUT2D eigenvalue weighted by atomic mass is 10.00. The summed E-state index contributed by atoms with van der Waals surface area (Å²) in [7, 11) is 0. The van der Waals surface area contributed by atoms with E-state index in [1.54, 1.807) is 63.5 Å². The number of hydrogen-bond donors (Lipinski definition) is 2. The normalized spacial score (nSPS) is 13.8. The van der Waals surface area contributed by atoms with Crippen molar-refractivity contribution in [2.45, 2.75) is 120 Å². The van der Waals surface area contributed by atoms with Crippen LogP contribution in [0.3, 0.4) is 0 Å². The van der Waals surface area contributed by atoms with Crippen LogP contribution in [0, 0.1) is 53.2 Å². The molecule has 0 aliphatic heterocycles. The molecule has 9 rings (SSSR count). The predicted molar refractivity (Wildman–Crippen MR) is 318 cm³/mol. The number of hydrogen-bond acceptors (Lipinski definition) is 11. The number of ether oxygens (including phenoxy) is 2. The van der Waals surface area contributed by atoms with Crippen LogP contribution in [0.4, 0.5) is 0 Å². The van der Waals surface area contributed by atoms with Gasteiger partial charge in [-0.25, -0.2) is 15.0 Å². The highest BCUT2D eigenvalue weighted by Gasteiger charge is 2.17. The average molecular weight is 1100 g/mol. The zero-order valence-corrected chi connectivity index (χ0v) is 46.8. The van der Waals surface area contributed by atoms with Gasteiger partial charge in [0.1, 0.15) is 40.5 Å². The van der Waals surface area contributed by atoms with E-state index in [0.717, 1.165) is 76.3 Å². The number of carboxylic acid groups (broad SMARTS) is 1. The minimum Gasteiger partial charge on any atom is -0.508 e. The highest BCUT2D eigenvalue weighted by molar-refractivity contribution is 5.75. The lowest BCUT2D eigenvalue weighted by molar-refractivity contribution is -0.138. The molecule has 6 heterocycles. The van der Waals surface area contributed by atoms with E-state index >= 15 is 0 Å². The Bertz CT molecular complexity index is 3610. The number of aryl methyl sites for hydroxylation is 6. The van der Waals surface area contributed by atoms with Gasteiger partial charge in [0, 0.05) is 130 Å². The summed E-state index contributed by atoms with van der Waals surface area (Å²) in [4.78, 5) is 48.1. The first-order valence-electron chi connectivity index (χ1n) is 31.5. The molecule has 6 aromatic heterocycles. The number of phenolic OH excluding ortho intramolecular Hbond substituents is 1. The van der Waals surface area contributed by atoms with Crippen LogP contribution in [-0.2, 0) is 29.2 Å². The summed E-state index contributed by atoms with van der Waals surface area (Å²) in [5.41, 5.74) is 7.62. The summed E-state index contributed by atoms with van der Waals surface area (Å²) in [6.45, 7) is 6.15. The summed E-state index contributed by atoms with van der Waals surface area (Å²) in [5.74, 6) is 2.94. The lowest BCUT2D eigenvalue weighted by Crippen LogP contribution is -2.09. The largest absolute Gasteiger partial charge is 0.508 e. The summed E-state index contributed by atoms with van der Waals surface area (Å²) in [5, 5.41) is 18.9. The van der Waals surface area contributed by atoms with Crippen LogP contribution in [0.25, 0.3) is 34.2 Å². The Kier molecular flexibility index (Phi) is 17.5. The molecule has 9 aromatic rings. The zero-order chi connectivity index (χ0) is 65.3. The molecule has 15 nitrogen and oxygen atoms in total. The molecule has 0 saturated carbocycles. The number of aliphatic carboxylic acids is 1. The van der Waals surface area contributed by atoms with Crippen molar-refractivity contribution in [1.29, 1.82) is 0 Å². The van der Waals surface area contributed by atoms with E-state index in [1.807, 2.05) is 113 Å². The molecule has 0 aliphatic rings. The van der Waals surface area contributed by atoms with Gasteiger partial charge in [0.25, 0.3) is 0 Å². The molecule has 0 fully saturated rings. The molecule has 2 N–H and O–H groups in total. The van der Waals surface area contributed by atoms with Gasteiger partial charge in [-0.1, -0.05) is 68.4 Å². The smallest absolute Gasteiger partial charge is 0.303 e. The highest BCUT2D eigenvalue weighted by atomic mass is 16.5. The Labute approximate surface area is 489 Å². The van der Waals surface area contributed by atoms with Crippen molar-refractivity contribution >= 4 is 11.8 Å². The molecule has 0 saturated heterocycles. The second kappa shape index (κ2) is 29.5. The van der Waals surface area contributed by atoms with Gasteiger partial charge in [-0.05, 0) is 140 Å². The fourth-order valence-corrected chi connectivity index (χ4v) is 9.03. The van der Waals surface area contributed by atoms with E-state index in [4.69, 9.17) is 26.9 Å². The number of nitrogens with zero attached hydrogens (tertiary/aromatic N) is 9. The molecule has 81 heavy (non-hydrogen) atoms. The molecule has 0 aliphatic carbocycles. The van der Waals surface area contributed by atoms with Crippen molar-refractivity contribution in [3.8, 4) is 51.4 Å². The number of aromatic hydroxyl groups is 1. The van der Waals surface area contributed by atoms with Crippen LogP contribution in [0.15, 0.2) is 146 Å². The highest BCUT2D eigenvalue weighted by Crippen LogP contribution is 2.28. The molecule has 0 amide bonds. The van der Waals surface area contributed by atoms with Crippen molar-refractivity contribution in [2.75, 3.05) is 13.2 Å². The van der Waals surface area contributed by atoms with Crippen molar-refractivity contribution in [3.63, 3.8) is 0 Å². The monoisotopic (exact) mass is 1100 g/mol. The number of aromatic nitrogens is 9. The van der Waals surface area contributed by atoms with Crippen molar-refractivity contribution < 1.29 is 41.6 Å². The summed E-state index contributed by atoms with van der Waals surface area (Å²) in [6.07, 6.45) is 13.2. The topological polar surface area (TPSA) is 185 Å². The number of phenols is 1. The van der Waals surface area contributed by atoms with Crippen molar-refractivity contribution in [1.82, 2.24) is 43.6 Å². The SMILES string of the molecule is [2H]C([2H])([2H])c1cnc(-c2ccc(C)nc2)n1Cc1ccccc1O.[2H]C([2H])([2H])c1cnc(-c2ccc(C)nc2)n1Cc1ccccc1OCCC[C@@H](C)CC(=O)O.[2H]C([2H])([2H])c1cnc(-c2ccc(C)nc2)n1Cc1ccccc1OCCC[C@@H](C)CC(C)=O. The fourth-order valence-electron chi connectivity index (χ4n) is 9.03. The first kappa shape index (κ1) is 48.2. The summed E-state index contributed by atoms with van der Waals surface area (Å²) < 4.78 is 88.0. The van der Waals surface area contributed by atoms with Gasteiger partial charge in [-0.3, -0.25) is 19.7 Å². The van der Waals surface area contributed by atoms with Gasteiger partial charge in [0.05, 0.1) is 32.8 Å². The number of carbonyl (C=O) groups excluding carboxylic acids is 1. The third-order valence-electron chi connectivity index (χ3n) is 13.4. The minimum absolute atomic E-state index is 0.0832. The Morgan fingerprint density at radius 2 is 0.877 bits per heavy atom. The van der Waals surface area contributed by atoms with Gasteiger partial charge in [0.2, 0.25) is 0 Å². The number of carboxylic acids is 1. The maximum absolute atomic E-state index is 11.3. The number of rotatable bonds is 23. The zero-order valence-electron chi connectivity index (χ0n) is 55.8. The number of pyridine rings is 3. The van der Waals surface area contributed by atoms with Crippen LogP contribution in [0.1, 0.15) is 122 Å². The standard InChI is InChI=1S/C25H31N3O2.C24H29N3O3.C17H17N3O/c1-18(14-21(4)29)8-7-13-30-24-10-6-5-9-23(24)17-28-20(3)15-27-25(28)22-12-11-19(2)26-16-22;1-17(13-23(28)29)7-6-12-30-22-9-5-4-8-21(22)16-27-19(3)14-26-24(27)20-11-10-18(2)25-15-20;1-12-7-8-14(10-18-12)17-19-9-13(2)20(17)11-15-5-3-4-6-16(15)21/h5-6,9-12,15-16,18H,7-8,13-14,17H2,1-4H3;4-5,8-11,14-15,17H,6-7,12-13,16H2,1-3H3,(H,28,29);3-10,21H,11H2,1-2H3/t18-;17-;/m11./s1/i2*3D3;2D3. The summed E-state index contributed by atoms with van der Waals surface area (Å²) >= 11 is 0. The quantitative estimate of drug-likeness (QED) is 0.0579. The first-order chi connectivity index (χ1) is 42.7. The van der Waals surface area contributed by atoms with Gasteiger partial charge < -0.3 is 38.2 Å². The Hall–Kier alpha value is -8.72. The van der Waals surface area contributed by atoms with Crippen LogP contribution in [-0.4, -0.2) is 78.8 Å². The minimum atomic E-state index is -2.32. The maximum atomic E-state index is 11.3. The van der Waals surface area contributed by atoms with E-state index in [9.17, 15) is 14.7 Å². The van der Waals surface area contributed by atoms with E-state index in [1.165, 1.54) is 18.6 Å². The van der Waals surface area contributed by atoms with E-state index < -0.39 is 26.5 Å². The van der Waals surface area contributed by atoms with Gasteiger partial charge in [0.15, 0.2) is 0 Å². The van der Waals surface area contributed by atoms with E-state index in [2.05, 4.69) is 36.8 Å². The van der Waals surface area contributed by atoms with Crippen LogP contribution in [0.2, 0.25) is 0 Å². The van der Waals surface area contributed by atoms with Crippen molar-refractivity contribution in [3.05, 3.63) is 197 Å². The predicted octanol–water partition coefficient (Wildman–Crippen LogP) is 13.6. The third-order valence-corrected chi connectivity index (χ3v) is 13.4. The number of benzene rings is 3. The third kappa shape index (κ3) is 17.6. The molecular formula is C66H77N9O6. The van der Waals surface area contributed by atoms with Gasteiger partial charge in [-0.2, -0.15) is 0 Å². The molecule has 0 unspecified atom stereocenters. The lowest BCUT2D eigenvalue weighted by Gasteiger charge is -2.15. The van der Waals surface area contributed by atoms with Crippen molar-refractivity contribution in [2.24, 2.45) is 11.8 Å². The van der Waals surface area contributed by atoms with Crippen LogP contribution >= 0.6 is 0 Å². The number of carbonyl (C=O) groups is 2. The molecule has 0 bridgehead atoms. The Morgan fingerprint density at radius 3 is 1.23 bits per heavy atom. The molecular weight excluding hydrogens is 1010 g/mol. The number of para-hydroxylation sites is 3. The number of ketones is 1. The molecule has 422 valence electrons. The van der Waals surface area contributed by atoms with E-state index in [0.29, 0.717) is 60.9 Å². The Morgan fingerprint density at radius 1 is 0.506 bits per heavy atom. The second-order valence-corrected chi connectivity index (χ2v) is 20.3. The molecule has 3 aromatic carbocycles. The average Bonchev–Trinajstić information content (AvgIpc) is 1.69. The number of Topliss-reactive ketones (excluding diaryl/α,β-unsaturated/α-hetero) is 1. The van der Waals surface area contributed by atoms with Gasteiger partial charge >= 0.3 is 5.97 Å².